The van der Waals surface area contributed by atoms with Gasteiger partial charge in [0.2, 0.25) is 5.91 Å². The van der Waals surface area contributed by atoms with Gasteiger partial charge in [0.05, 0.1) is 21.1 Å². The van der Waals surface area contributed by atoms with Crippen molar-refractivity contribution in [2.45, 2.75) is 26.3 Å². The minimum absolute atomic E-state index is 0.0848. The highest BCUT2D eigenvalue weighted by Gasteiger charge is 2.28. The quantitative estimate of drug-likeness (QED) is 0.498. The molecule has 8 heteroatoms. The molecular formula is C23H25Cl3N4O. The molecule has 1 amide bonds. The number of imidazole rings is 1. The highest BCUT2D eigenvalue weighted by atomic mass is 35.5. The predicted octanol–water partition coefficient (Wildman–Crippen LogP) is 5.31. The SMILES string of the molecule is CCN1CCN(C(=O)[C@@H](C)n2c(Cc3ccccc3Cl)nc3cc(Cl)c(Cl)cc32)CC1. The number of nitrogens with zero attached hydrogens (tertiary/aromatic N) is 4. The van der Waals surface area contributed by atoms with E-state index in [0.29, 0.717) is 27.0 Å². The van der Waals surface area contributed by atoms with Gasteiger partial charge >= 0.3 is 0 Å². The molecule has 2 aromatic carbocycles. The molecule has 0 bridgehead atoms. The average molecular weight is 480 g/mol. The van der Waals surface area contributed by atoms with Crippen molar-refractivity contribution in [1.82, 2.24) is 19.4 Å². The first-order valence-corrected chi connectivity index (χ1v) is 11.6. The predicted molar refractivity (Wildman–Crippen MR) is 127 cm³/mol. The smallest absolute Gasteiger partial charge is 0.245 e. The summed E-state index contributed by atoms with van der Waals surface area (Å²) in [6, 6.07) is 10.8. The van der Waals surface area contributed by atoms with Crippen LogP contribution in [0.25, 0.3) is 11.0 Å². The van der Waals surface area contributed by atoms with Crippen LogP contribution in [0.15, 0.2) is 36.4 Å². The topological polar surface area (TPSA) is 41.4 Å². The molecule has 1 saturated heterocycles. The molecule has 3 aromatic rings. The van der Waals surface area contributed by atoms with Crippen LogP contribution in [-0.2, 0) is 11.2 Å². The monoisotopic (exact) mass is 478 g/mol. The summed E-state index contributed by atoms with van der Waals surface area (Å²) in [4.78, 5) is 22.5. The molecule has 1 atom stereocenters. The van der Waals surface area contributed by atoms with Crippen LogP contribution in [0.2, 0.25) is 15.1 Å². The molecule has 0 unspecified atom stereocenters. The lowest BCUT2D eigenvalue weighted by Gasteiger charge is -2.35. The second-order valence-electron chi connectivity index (χ2n) is 7.86. The van der Waals surface area contributed by atoms with E-state index >= 15 is 0 Å². The van der Waals surface area contributed by atoms with Crippen molar-refractivity contribution in [2.24, 2.45) is 0 Å². The van der Waals surface area contributed by atoms with Crippen molar-refractivity contribution in [1.29, 1.82) is 0 Å². The van der Waals surface area contributed by atoms with Gasteiger partial charge < -0.3 is 14.4 Å². The summed E-state index contributed by atoms with van der Waals surface area (Å²) >= 11 is 19.0. The maximum Gasteiger partial charge on any atom is 0.245 e. The van der Waals surface area contributed by atoms with E-state index in [0.717, 1.165) is 49.6 Å². The lowest BCUT2D eigenvalue weighted by atomic mass is 10.1. The van der Waals surface area contributed by atoms with E-state index in [1.165, 1.54) is 0 Å². The number of rotatable bonds is 5. The van der Waals surface area contributed by atoms with Crippen LogP contribution < -0.4 is 0 Å². The van der Waals surface area contributed by atoms with Gasteiger partial charge in [-0.1, -0.05) is 59.9 Å². The van der Waals surface area contributed by atoms with Crippen LogP contribution in [0.1, 0.15) is 31.3 Å². The van der Waals surface area contributed by atoms with Crippen LogP contribution in [0, 0.1) is 0 Å². The summed E-state index contributed by atoms with van der Waals surface area (Å²) in [5, 5.41) is 1.56. The number of amides is 1. The van der Waals surface area contributed by atoms with Gasteiger partial charge in [-0.05, 0) is 37.2 Å². The molecule has 2 heterocycles. The zero-order valence-corrected chi connectivity index (χ0v) is 19.9. The van der Waals surface area contributed by atoms with Gasteiger partial charge in [0.25, 0.3) is 0 Å². The Labute approximate surface area is 197 Å². The number of hydrogen-bond donors (Lipinski definition) is 0. The van der Waals surface area contributed by atoms with Crippen molar-refractivity contribution in [2.75, 3.05) is 32.7 Å². The third-order valence-corrected chi connectivity index (χ3v) is 7.08. The van der Waals surface area contributed by atoms with Crippen molar-refractivity contribution < 1.29 is 4.79 Å². The molecule has 31 heavy (non-hydrogen) atoms. The second kappa shape index (κ2) is 9.37. The summed E-state index contributed by atoms with van der Waals surface area (Å²) in [6.07, 6.45) is 0.505. The molecule has 0 aliphatic carbocycles. The fourth-order valence-electron chi connectivity index (χ4n) is 4.17. The molecule has 0 saturated carbocycles. The number of carbonyl (C=O) groups excluding carboxylic acids is 1. The molecule has 1 aliphatic heterocycles. The molecule has 1 aliphatic rings. The number of likely N-dealkylation sites (N-methyl/N-ethyl adjacent to an activating group) is 1. The van der Waals surface area contributed by atoms with Crippen molar-refractivity contribution in [3.8, 4) is 0 Å². The van der Waals surface area contributed by atoms with Gasteiger partial charge in [0.15, 0.2) is 0 Å². The normalized spacial score (nSPS) is 16.1. The Balaban J connectivity index is 1.73. The van der Waals surface area contributed by atoms with Crippen molar-refractivity contribution >= 4 is 51.7 Å². The summed E-state index contributed by atoms with van der Waals surface area (Å²) < 4.78 is 1.98. The van der Waals surface area contributed by atoms with E-state index in [1.54, 1.807) is 12.1 Å². The molecule has 1 fully saturated rings. The fraction of sp³-hybridized carbons (Fsp3) is 0.391. The third-order valence-electron chi connectivity index (χ3n) is 5.99. The molecule has 0 spiro atoms. The van der Waals surface area contributed by atoms with E-state index in [4.69, 9.17) is 39.8 Å². The molecule has 4 rings (SSSR count). The van der Waals surface area contributed by atoms with Gasteiger partial charge in [0.1, 0.15) is 11.9 Å². The molecule has 5 nitrogen and oxygen atoms in total. The van der Waals surface area contributed by atoms with E-state index < -0.39 is 6.04 Å². The molecule has 0 radical (unpaired) electrons. The van der Waals surface area contributed by atoms with Gasteiger partial charge in [-0.3, -0.25) is 4.79 Å². The maximum atomic E-state index is 13.4. The minimum Gasteiger partial charge on any atom is -0.338 e. The first kappa shape index (κ1) is 22.4. The lowest BCUT2D eigenvalue weighted by Crippen LogP contribution is -2.50. The number of benzene rings is 2. The highest BCUT2D eigenvalue weighted by molar-refractivity contribution is 6.42. The van der Waals surface area contributed by atoms with Gasteiger partial charge in [-0.2, -0.15) is 0 Å². The van der Waals surface area contributed by atoms with Crippen LogP contribution in [0.3, 0.4) is 0 Å². The number of halogens is 3. The standard InChI is InChI=1S/C23H25Cl3N4O/c1-3-28-8-10-29(11-9-28)23(31)15(2)30-21-14-19(26)18(25)13-20(21)27-22(30)12-16-6-4-5-7-17(16)24/h4-7,13-15H,3,8-12H2,1-2H3/t15-/m1/s1. The Bertz CT molecular complexity index is 1110. The molecular weight excluding hydrogens is 455 g/mol. The lowest BCUT2D eigenvalue weighted by molar-refractivity contribution is -0.136. The number of fused-ring (bicyclic) bond motifs is 1. The Morgan fingerprint density at radius 3 is 2.39 bits per heavy atom. The third kappa shape index (κ3) is 4.56. The Kier molecular flexibility index (Phi) is 6.77. The Morgan fingerprint density at radius 1 is 1.03 bits per heavy atom. The number of aromatic nitrogens is 2. The average Bonchev–Trinajstić information content (AvgIpc) is 3.11. The summed E-state index contributed by atoms with van der Waals surface area (Å²) in [5.41, 5.74) is 2.46. The largest absolute Gasteiger partial charge is 0.338 e. The first-order valence-electron chi connectivity index (χ1n) is 10.5. The first-order chi connectivity index (χ1) is 14.9. The van der Waals surface area contributed by atoms with Crippen LogP contribution in [0.5, 0.6) is 0 Å². The van der Waals surface area contributed by atoms with Gasteiger partial charge in [-0.25, -0.2) is 4.98 Å². The van der Waals surface area contributed by atoms with Crippen LogP contribution in [-0.4, -0.2) is 58.0 Å². The zero-order chi connectivity index (χ0) is 22.1. The second-order valence-corrected chi connectivity index (χ2v) is 9.08. The van der Waals surface area contributed by atoms with Crippen LogP contribution >= 0.6 is 34.8 Å². The summed E-state index contributed by atoms with van der Waals surface area (Å²) in [5.74, 6) is 0.844. The van der Waals surface area contributed by atoms with E-state index in [9.17, 15) is 4.79 Å². The van der Waals surface area contributed by atoms with Gasteiger partial charge in [0, 0.05) is 37.6 Å². The highest BCUT2D eigenvalue weighted by Crippen LogP contribution is 2.32. The Hall–Kier alpha value is -1.79. The summed E-state index contributed by atoms with van der Waals surface area (Å²) in [7, 11) is 0. The summed E-state index contributed by atoms with van der Waals surface area (Å²) in [6.45, 7) is 8.33. The molecule has 164 valence electrons. The van der Waals surface area contributed by atoms with Gasteiger partial charge in [-0.15, -0.1) is 0 Å². The molecule has 1 aromatic heterocycles. The van der Waals surface area contributed by atoms with Crippen molar-refractivity contribution in [3.05, 3.63) is 62.9 Å². The zero-order valence-electron chi connectivity index (χ0n) is 17.6. The van der Waals surface area contributed by atoms with E-state index in [1.807, 2.05) is 40.7 Å². The fourth-order valence-corrected chi connectivity index (χ4v) is 4.69. The number of carbonyl (C=O) groups is 1. The minimum atomic E-state index is -0.423. The Morgan fingerprint density at radius 2 is 1.71 bits per heavy atom. The number of piperazine rings is 1. The van der Waals surface area contributed by atoms with E-state index in [-0.39, 0.29) is 5.91 Å². The molecule has 0 N–H and O–H groups in total. The maximum absolute atomic E-state index is 13.4. The number of hydrogen-bond acceptors (Lipinski definition) is 3. The van der Waals surface area contributed by atoms with Crippen molar-refractivity contribution in [3.63, 3.8) is 0 Å². The van der Waals surface area contributed by atoms with E-state index in [2.05, 4.69) is 11.8 Å². The van der Waals surface area contributed by atoms with Crippen LogP contribution in [0.4, 0.5) is 0 Å².